The Labute approximate surface area is 187 Å². The van der Waals surface area contributed by atoms with Crippen LogP contribution in [0.1, 0.15) is 24.1 Å². The predicted molar refractivity (Wildman–Crippen MR) is 113 cm³/mol. The number of carbonyl (C=O) groups is 1. The van der Waals surface area contributed by atoms with E-state index in [0.717, 1.165) is 0 Å². The highest BCUT2D eigenvalue weighted by atomic mass is 35.5. The lowest BCUT2D eigenvalue weighted by Gasteiger charge is -2.27. The number of esters is 1. The first-order chi connectivity index (χ1) is 15.4. The Balaban J connectivity index is 1.70. The Hall–Kier alpha value is -3.66. The Morgan fingerprint density at radius 1 is 1.25 bits per heavy atom. The van der Waals surface area contributed by atoms with Crippen molar-refractivity contribution in [1.82, 2.24) is 20.2 Å². The molecule has 11 heteroatoms. The first kappa shape index (κ1) is 21.6. The van der Waals surface area contributed by atoms with Crippen LogP contribution < -0.4 is 14.8 Å². The maximum atomic E-state index is 14.1. The van der Waals surface area contributed by atoms with Crippen molar-refractivity contribution in [2.45, 2.75) is 19.6 Å². The summed E-state index contributed by atoms with van der Waals surface area (Å²) in [6, 6.07) is 8.89. The van der Waals surface area contributed by atoms with E-state index in [1.807, 2.05) is 0 Å². The van der Waals surface area contributed by atoms with E-state index in [1.54, 1.807) is 31.2 Å². The van der Waals surface area contributed by atoms with E-state index < -0.39 is 17.8 Å². The molecular weight excluding hydrogens is 441 g/mol. The number of allylic oxidation sites excluding steroid dienone is 1. The zero-order valence-electron chi connectivity index (χ0n) is 17.4. The number of benzene rings is 2. The number of methoxy groups -OCH3 is 2. The number of hydrogen-bond donors (Lipinski definition) is 1. The number of tetrazole rings is 1. The number of aromatic nitrogens is 4. The Bertz CT molecular complexity index is 1190. The Kier molecular flexibility index (Phi) is 5.95. The molecule has 1 atom stereocenters. The molecule has 0 saturated heterocycles. The van der Waals surface area contributed by atoms with Gasteiger partial charge >= 0.3 is 5.97 Å². The fourth-order valence-corrected chi connectivity index (χ4v) is 3.71. The third-order valence-electron chi connectivity index (χ3n) is 5.06. The summed E-state index contributed by atoms with van der Waals surface area (Å²) in [6.07, 6.45) is 0. The van der Waals surface area contributed by atoms with Crippen LogP contribution in [-0.2, 0) is 16.1 Å². The summed E-state index contributed by atoms with van der Waals surface area (Å²) in [5.74, 6) is 0.160. The zero-order chi connectivity index (χ0) is 22.8. The fourth-order valence-electron chi connectivity index (χ4n) is 3.49. The average Bonchev–Trinajstić information content (AvgIpc) is 3.25. The van der Waals surface area contributed by atoms with Gasteiger partial charge in [0.05, 0.1) is 24.8 Å². The second kappa shape index (κ2) is 8.83. The van der Waals surface area contributed by atoms with Gasteiger partial charge in [-0.3, -0.25) is 0 Å². The first-order valence-electron chi connectivity index (χ1n) is 9.52. The largest absolute Gasteiger partial charge is 0.493 e. The van der Waals surface area contributed by atoms with Gasteiger partial charge in [-0.2, -0.15) is 4.68 Å². The van der Waals surface area contributed by atoms with Gasteiger partial charge in [0.2, 0.25) is 5.95 Å². The first-order valence-corrected chi connectivity index (χ1v) is 9.90. The number of carbonyl (C=O) groups excluding carboxylic acids is 1. The van der Waals surface area contributed by atoms with Crippen LogP contribution in [0.4, 0.5) is 10.3 Å². The number of nitrogens with zero attached hydrogens (tertiary/aromatic N) is 4. The minimum atomic E-state index is -0.655. The molecule has 2 aromatic carbocycles. The monoisotopic (exact) mass is 459 g/mol. The van der Waals surface area contributed by atoms with Gasteiger partial charge < -0.3 is 19.5 Å². The number of fused-ring (bicyclic) bond motifs is 1. The van der Waals surface area contributed by atoms with Crippen LogP contribution >= 0.6 is 11.6 Å². The van der Waals surface area contributed by atoms with Crippen LogP contribution in [0.15, 0.2) is 47.7 Å². The second-order valence-corrected chi connectivity index (χ2v) is 7.31. The number of ether oxygens (including phenoxy) is 3. The molecule has 4 rings (SSSR count). The van der Waals surface area contributed by atoms with Crippen LogP contribution in [0.2, 0.25) is 5.02 Å². The molecule has 166 valence electrons. The Morgan fingerprint density at radius 3 is 2.78 bits per heavy atom. The molecule has 0 saturated carbocycles. The SMILES string of the molecule is COC(=O)C1=C(C)Nc2nnnn2C1c1ccc(OCc2c(F)cccc2Cl)c(OC)c1. The third-order valence-corrected chi connectivity index (χ3v) is 5.41. The molecule has 1 aromatic heterocycles. The van der Waals surface area contributed by atoms with Crippen LogP contribution in [0.3, 0.4) is 0 Å². The van der Waals surface area contributed by atoms with Gasteiger partial charge in [0.25, 0.3) is 0 Å². The molecule has 3 aromatic rings. The van der Waals surface area contributed by atoms with Gasteiger partial charge in [0, 0.05) is 11.3 Å². The highest BCUT2D eigenvalue weighted by Gasteiger charge is 2.35. The molecule has 0 fully saturated rings. The van der Waals surface area contributed by atoms with E-state index in [-0.39, 0.29) is 17.2 Å². The van der Waals surface area contributed by atoms with Gasteiger partial charge in [-0.25, -0.2) is 9.18 Å². The minimum Gasteiger partial charge on any atom is -0.493 e. The van der Waals surface area contributed by atoms with Gasteiger partial charge in [0.15, 0.2) is 11.5 Å². The zero-order valence-corrected chi connectivity index (χ0v) is 18.2. The summed E-state index contributed by atoms with van der Waals surface area (Å²) >= 11 is 6.08. The van der Waals surface area contributed by atoms with Gasteiger partial charge in [0.1, 0.15) is 18.5 Å². The van der Waals surface area contributed by atoms with Crippen molar-refractivity contribution >= 4 is 23.5 Å². The van der Waals surface area contributed by atoms with E-state index in [1.165, 1.54) is 31.0 Å². The highest BCUT2D eigenvalue weighted by Crippen LogP contribution is 2.39. The minimum absolute atomic E-state index is 0.0852. The number of anilines is 1. The lowest BCUT2D eigenvalue weighted by molar-refractivity contribution is -0.136. The molecule has 0 aliphatic carbocycles. The van der Waals surface area contributed by atoms with Crippen molar-refractivity contribution in [3.63, 3.8) is 0 Å². The van der Waals surface area contributed by atoms with Crippen LogP contribution in [-0.4, -0.2) is 40.4 Å². The summed E-state index contributed by atoms with van der Waals surface area (Å²) in [4.78, 5) is 12.5. The molecule has 1 N–H and O–H groups in total. The topological polar surface area (TPSA) is 100 Å². The number of rotatable bonds is 6. The van der Waals surface area contributed by atoms with Crippen molar-refractivity contribution in [1.29, 1.82) is 0 Å². The van der Waals surface area contributed by atoms with Crippen molar-refractivity contribution in [2.24, 2.45) is 0 Å². The van der Waals surface area contributed by atoms with E-state index in [4.69, 9.17) is 25.8 Å². The number of hydrogen-bond acceptors (Lipinski definition) is 8. The van der Waals surface area contributed by atoms with Crippen molar-refractivity contribution in [3.8, 4) is 11.5 Å². The summed E-state index contributed by atoms with van der Waals surface area (Å²) in [5, 5.41) is 14.9. The maximum Gasteiger partial charge on any atom is 0.338 e. The van der Waals surface area contributed by atoms with E-state index in [9.17, 15) is 9.18 Å². The van der Waals surface area contributed by atoms with Crippen molar-refractivity contribution in [2.75, 3.05) is 19.5 Å². The fraction of sp³-hybridized carbons (Fsp3) is 0.238. The molecular formula is C21H19ClFN5O4. The molecule has 0 bridgehead atoms. The summed E-state index contributed by atoms with van der Waals surface area (Å²) < 4.78 is 31.8. The normalized spacial score (nSPS) is 15.1. The lowest BCUT2D eigenvalue weighted by Crippen LogP contribution is -2.29. The predicted octanol–water partition coefficient (Wildman–Crippen LogP) is 3.52. The standard InChI is InChI=1S/C21H19ClFN5O4/c1-11-18(20(29)31-3)19(28-21(24-11)25-26-27-28)12-7-8-16(17(9-12)30-2)32-10-13-14(22)5-4-6-15(13)23/h4-9,19H,10H2,1-3H3,(H,24,25,27). The average molecular weight is 460 g/mol. The van der Waals surface area contributed by atoms with E-state index >= 15 is 0 Å². The second-order valence-electron chi connectivity index (χ2n) is 6.90. The Morgan fingerprint density at radius 2 is 2.06 bits per heavy atom. The van der Waals surface area contributed by atoms with E-state index in [0.29, 0.717) is 34.3 Å². The molecule has 0 amide bonds. The van der Waals surface area contributed by atoms with Gasteiger partial charge in [-0.05, 0) is 47.2 Å². The smallest absolute Gasteiger partial charge is 0.338 e. The van der Waals surface area contributed by atoms with Crippen LogP contribution in [0.5, 0.6) is 11.5 Å². The lowest BCUT2D eigenvalue weighted by atomic mass is 9.95. The summed E-state index contributed by atoms with van der Waals surface area (Å²) in [6.45, 7) is 1.66. The highest BCUT2D eigenvalue weighted by molar-refractivity contribution is 6.31. The third kappa shape index (κ3) is 3.84. The molecule has 32 heavy (non-hydrogen) atoms. The summed E-state index contributed by atoms with van der Waals surface area (Å²) in [7, 11) is 2.79. The van der Waals surface area contributed by atoms with Crippen LogP contribution in [0.25, 0.3) is 0 Å². The van der Waals surface area contributed by atoms with Gasteiger partial charge in [-0.15, -0.1) is 0 Å². The number of halogens is 2. The maximum absolute atomic E-state index is 14.1. The molecule has 1 aliphatic heterocycles. The van der Waals surface area contributed by atoms with E-state index in [2.05, 4.69) is 20.8 Å². The number of nitrogens with one attached hydrogen (secondary N) is 1. The molecule has 1 unspecified atom stereocenters. The molecule has 0 radical (unpaired) electrons. The molecule has 0 spiro atoms. The van der Waals surface area contributed by atoms with Crippen molar-refractivity contribution < 1.29 is 23.4 Å². The quantitative estimate of drug-likeness (QED) is 0.559. The summed E-state index contributed by atoms with van der Waals surface area (Å²) in [5.41, 5.74) is 1.82. The molecule has 2 heterocycles. The van der Waals surface area contributed by atoms with Crippen LogP contribution in [0, 0.1) is 5.82 Å². The van der Waals surface area contributed by atoms with Gasteiger partial charge in [-0.1, -0.05) is 28.8 Å². The molecule has 1 aliphatic rings. The molecule has 9 nitrogen and oxygen atoms in total. The van der Waals surface area contributed by atoms with Crippen molar-refractivity contribution in [3.05, 3.63) is 69.6 Å².